The lowest BCUT2D eigenvalue weighted by atomic mass is 10.2. The molecule has 1 N–H and O–H groups in total. The summed E-state index contributed by atoms with van der Waals surface area (Å²) in [6.07, 6.45) is 0. The summed E-state index contributed by atoms with van der Waals surface area (Å²) in [7, 11) is 1.30. The molecule has 0 aliphatic heterocycles. The van der Waals surface area contributed by atoms with Gasteiger partial charge in [-0.1, -0.05) is 34.8 Å². The summed E-state index contributed by atoms with van der Waals surface area (Å²) in [5.41, 5.74) is 0.645. The van der Waals surface area contributed by atoms with Gasteiger partial charge in [0, 0.05) is 5.02 Å². The summed E-state index contributed by atoms with van der Waals surface area (Å²) >= 11 is 17.8. The highest BCUT2D eigenvalue weighted by atomic mass is 35.5. The van der Waals surface area contributed by atoms with Crippen LogP contribution >= 0.6 is 34.8 Å². The van der Waals surface area contributed by atoms with Gasteiger partial charge in [0.2, 0.25) is 0 Å². The Morgan fingerprint density at radius 3 is 2.17 bits per heavy atom. The summed E-state index contributed by atoms with van der Waals surface area (Å²) in [4.78, 5) is 23.3. The molecule has 5 nitrogen and oxygen atoms in total. The van der Waals surface area contributed by atoms with Crippen LogP contribution in [0.15, 0.2) is 36.4 Å². The average molecular weight is 389 g/mol. The Morgan fingerprint density at radius 2 is 1.62 bits per heavy atom. The van der Waals surface area contributed by atoms with Crippen molar-refractivity contribution in [1.29, 1.82) is 0 Å². The molecule has 0 fully saturated rings. The Bertz CT molecular complexity index is 739. The molecule has 2 rings (SSSR count). The van der Waals surface area contributed by atoms with Gasteiger partial charge in [0.15, 0.2) is 6.61 Å². The molecule has 0 spiro atoms. The van der Waals surface area contributed by atoms with Crippen LogP contribution in [-0.2, 0) is 9.53 Å². The largest absolute Gasteiger partial charge is 0.484 e. The average Bonchev–Trinajstić information content (AvgIpc) is 2.56. The van der Waals surface area contributed by atoms with E-state index >= 15 is 0 Å². The van der Waals surface area contributed by atoms with Crippen LogP contribution < -0.4 is 10.1 Å². The Kier molecular flexibility index (Phi) is 6.31. The van der Waals surface area contributed by atoms with Crippen LogP contribution in [0.1, 0.15) is 10.4 Å². The molecule has 0 saturated heterocycles. The molecule has 0 aromatic heterocycles. The molecule has 2 aromatic rings. The number of amides is 1. The predicted octanol–water partition coefficient (Wildman–Crippen LogP) is 4.45. The Morgan fingerprint density at radius 1 is 1.04 bits per heavy atom. The molecule has 0 radical (unpaired) electrons. The van der Waals surface area contributed by atoms with Crippen molar-refractivity contribution in [2.75, 3.05) is 19.0 Å². The van der Waals surface area contributed by atoms with Gasteiger partial charge >= 0.3 is 5.97 Å². The number of anilines is 1. The molecule has 126 valence electrons. The molecule has 0 unspecified atom stereocenters. The van der Waals surface area contributed by atoms with Crippen molar-refractivity contribution in [1.82, 2.24) is 0 Å². The highest BCUT2D eigenvalue weighted by Gasteiger charge is 2.12. The van der Waals surface area contributed by atoms with Crippen molar-refractivity contribution in [2.24, 2.45) is 0 Å². The van der Waals surface area contributed by atoms with Crippen molar-refractivity contribution in [3.05, 3.63) is 57.0 Å². The maximum atomic E-state index is 11.9. The molecule has 24 heavy (non-hydrogen) atoms. The van der Waals surface area contributed by atoms with Crippen molar-refractivity contribution < 1.29 is 19.1 Å². The van der Waals surface area contributed by atoms with Gasteiger partial charge in [-0.15, -0.1) is 0 Å². The number of benzene rings is 2. The van der Waals surface area contributed by atoms with Crippen LogP contribution in [0.25, 0.3) is 0 Å². The van der Waals surface area contributed by atoms with E-state index < -0.39 is 11.9 Å². The molecule has 0 heterocycles. The number of methoxy groups -OCH3 is 1. The predicted molar refractivity (Wildman–Crippen MR) is 93.4 cm³/mol. The fraction of sp³-hybridized carbons (Fsp3) is 0.125. The maximum absolute atomic E-state index is 11.9. The molecule has 8 heteroatoms. The number of rotatable bonds is 5. The smallest absolute Gasteiger partial charge is 0.337 e. The maximum Gasteiger partial charge on any atom is 0.337 e. The summed E-state index contributed by atoms with van der Waals surface area (Å²) < 4.78 is 9.93. The number of hydrogen-bond donors (Lipinski definition) is 1. The summed E-state index contributed by atoms with van der Waals surface area (Å²) in [5.74, 6) is -0.476. The number of halogens is 3. The number of ether oxygens (including phenoxy) is 2. The highest BCUT2D eigenvalue weighted by molar-refractivity contribution is 6.42. The zero-order valence-electron chi connectivity index (χ0n) is 12.4. The molecule has 0 aliphatic carbocycles. The molecule has 0 saturated carbocycles. The van der Waals surface area contributed by atoms with Crippen molar-refractivity contribution in [2.45, 2.75) is 0 Å². The van der Waals surface area contributed by atoms with E-state index in [0.717, 1.165) is 0 Å². The molecular weight excluding hydrogens is 377 g/mol. The van der Waals surface area contributed by atoms with E-state index in [9.17, 15) is 9.59 Å². The second-order valence-corrected chi connectivity index (χ2v) is 5.85. The van der Waals surface area contributed by atoms with Crippen LogP contribution in [0.5, 0.6) is 5.75 Å². The van der Waals surface area contributed by atoms with Crippen LogP contribution in [0, 0.1) is 0 Å². The van der Waals surface area contributed by atoms with Gasteiger partial charge in [0.25, 0.3) is 5.91 Å². The van der Waals surface area contributed by atoms with Crippen LogP contribution in [0.2, 0.25) is 15.1 Å². The van der Waals surface area contributed by atoms with Gasteiger partial charge in [-0.25, -0.2) is 4.79 Å². The van der Waals surface area contributed by atoms with Gasteiger partial charge < -0.3 is 14.8 Å². The number of esters is 1. The number of nitrogens with one attached hydrogen (secondary N) is 1. The normalized spacial score (nSPS) is 10.2. The minimum absolute atomic E-state index is 0.225. The summed E-state index contributed by atoms with van der Waals surface area (Å²) in [6, 6.07) is 9.12. The van der Waals surface area contributed by atoms with Crippen LogP contribution in [0.3, 0.4) is 0 Å². The van der Waals surface area contributed by atoms with Crippen LogP contribution in [0.4, 0.5) is 5.69 Å². The minimum Gasteiger partial charge on any atom is -0.484 e. The van der Waals surface area contributed by atoms with E-state index in [0.29, 0.717) is 16.3 Å². The zero-order chi connectivity index (χ0) is 17.7. The van der Waals surface area contributed by atoms with Gasteiger partial charge in [-0.05, 0) is 36.4 Å². The second kappa shape index (κ2) is 8.24. The minimum atomic E-state index is -0.452. The molecule has 1 amide bonds. The highest BCUT2D eigenvalue weighted by Crippen LogP contribution is 2.33. The summed E-state index contributed by atoms with van der Waals surface area (Å²) in [6.45, 7) is -0.257. The van der Waals surface area contributed by atoms with E-state index in [1.807, 2.05) is 0 Å². The van der Waals surface area contributed by atoms with E-state index in [1.165, 1.54) is 31.4 Å². The van der Waals surface area contributed by atoms with Gasteiger partial charge in [0.1, 0.15) is 5.75 Å². The van der Waals surface area contributed by atoms with Gasteiger partial charge in [0.05, 0.1) is 28.4 Å². The SMILES string of the molecule is COC(=O)c1ccc(OCC(=O)Nc2c(Cl)cc(Cl)cc2Cl)cc1. The van der Waals surface area contributed by atoms with Gasteiger partial charge in [-0.3, -0.25) is 4.79 Å². The Hall–Kier alpha value is -1.95. The first kappa shape index (κ1) is 18.4. The lowest BCUT2D eigenvalue weighted by Gasteiger charge is -2.11. The van der Waals surface area contributed by atoms with E-state index in [4.69, 9.17) is 39.5 Å². The Labute approximate surface area is 153 Å². The zero-order valence-corrected chi connectivity index (χ0v) is 14.7. The first-order valence-electron chi connectivity index (χ1n) is 6.66. The molecular formula is C16H12Cl3NO4. The van der Waals surface area contributed by atoms with Crippen LogP contribution in [-0.4, -0.2) is 25.6 Å². The standard InChI is InChI=1S/C16H12Cl3NO4/c1-23-16(22)9-2-4-11(5-3-9)24-8-14(21)20-15-12(18)6-10(17)7-13(15)19/h2-7H,8H2,1H3,(H,20,21). The molecule has 0 aliphatic rings. The first-order chi connectivity index (χ1) is 11.4. The third-order valence-electron chi connectivity index (χ3n) is 2.92. The molecule has 2 aromatic carbocycles. The Balaban J connectivity index is 1.95. The van der Waals surface area contributed by atoms with Crippen molar-refractivity contribution in [3.8, 4) is 5.75 Å². The lowest BCUT2D eigenvalue weighted by Crippen LogP contribution is -2.20. The fourth-order valence-corrected chi connectivity index (χ4v) is 2.70. The third kappa shape index (κ3) is 4.77. The van der Waals surface area contributed by atoms with E-state index in [-0.39, 0.29) is 22.3 Å². The van der Waals surface area contributed by atoms with Crippen molar-refractivity contribution in [3.63, 3.8) is 0 Å². The first-order valence-corrected chi connectivity index (χ1v) is 7.79. The second-order valence-electron chi connectivity index (χ2n) is 4.60. The molecule has 0 atom stereocenters. The fourth-order valence-electron chi connectivity index (χ4n) is 1.79. The van der Waals surface area contributed by atoms with Gasteiger partial charge in [-0.2, -0.15) is 0 Å². The quantitative estimate of drug-likeness (QED) is 0.769. The molecule has 0 bridgehead atoms. The summed E-state index contributed by atoms with van der Waals surface area (Å²) in [5, 5.41) is 3.37. The van der Waals surface area contributed by atoms with E-state index in [2.05, 4.69) is 10.1 Å². The number of carbonyl (C=O) groups excluding carboxylic acids is 2. The topological polar surface area (TPSA) is 64.6 Å². The monoisotopic (exact) mass is 387 g/mol. The number of carbonyl (C=O) groups is 2. The van der Waals surface area contributed by atoms with E-state index in [1.54, 1.807) is 12.1 Å². The lowest BCUT2D eigenvalue weighted by molar-refractivity contribution is -0.118. The number of hydrogen-bond acceptors (Lipinski definition) is 4. The van der Waals surface area contributed by atoms with Crippen molar-refractivity contribution >= 4 is 52.4 Å². The third-order valence-corrected chi connectivity index (χ3v) is 3.73.